The van der Waals surface area contributed by atoms with Crippen molar-refractivity contribution in [3.8, 4) is 10.6 Å². The van der Waals surface area contributed by atoms with Gasteiger partial charge in [-0.05, 0) is 26.0 Å². The smallest absolute Gasteiger partial charge is 0.263 e. The van der Waals surface area contributed by atoms with Gasteiger partial charge >= 0.3 is 0 Å². The van der Waals surface area contributed by atoms with Crippen LogP contribution in [0.2, 0.25) is 5.02 Å². The summed E-state index contributed by atoms with van der Waals surface area (Å²) in [5, 5.41) is 12.3. The number of nitrogens with one attached hydrogen (secondary N) is 1. The van der Waals surface area contributed by atoms with Crippen molar-refractivity contribution >= 4 is 28.8 Å². The molecule has 6 nitrogen and oxygen atoms in total. The Hall–Kier alpha value is -2.25. The lowest BCUT2D eigenvalue weighted by Crippen LogP contribution is -2.28. The second kappa shape index (κ2) is 6.70. The molecular weight excluding hydrogens is 346 g/mol. The summed E-state index contributed by atoms with van der Waals surface area (Å²) in [6, 6.07) is 7.16. The molecule has 0 unspecified atom stereocenters. The summed E-state index contributed by atoms with van der Waals surface area (Å²) >= 11 is 7.27. The van der Waals surface area contributed by atoms with Crippen LogP contribution in [0.15, 0.2) is 30.6 Å². The Labute approximate surface area is 148 Å². The minimum Gasteiger partial charge on any atom is -0.342 e. The number of hydrogen-bond acceptors (Lipinski definition) is 5. The number of carbonyl (C=O) groups is 1. The first-order chi connectivity index (χ1) is 11.5. The fraction of sp³-hybridized carbons (Fsp3) is 0.250. The Morgan fingerprint density at radius 1 is 1.33 bits per heavy atom. The van der Waals surface area contributed by atoms with E-state index >= 15 is 0 Å². The monoisotopic (exact) mass is 361 g/mol. The quantitative estimate of drug-likeness (QED) is 0.773. The molecule has 0 aliphatic carbocycles. The van der Waals surface area contributed by atoms with Gasteiger partial charge in [-0.2, -0.15) is 0 Å². The van der Waals surface area contributed by atoms with Crippen LogP contribution < -0.4 is 5.32 Å². The van der Waals surface area contributed by atoms with Gasteiger partial charge in [-0.1, -0.05) is 23.7 Å². The van der Waals surface area contributed by atoms with Crippen LogP contribution in [0.5, 0.6) is 0 Å². The number of amides is 1. The molecule has 0 radical (unpaired) electrons. The highest BCUT2D eigenvalue weighted by atomic mass is 35.5. The first-order valence-electron chi connectivity index (χ1n) is 7.34. The molecule has 1 N–H and O–H groups in total. The third-order valence-corrected chi connectivity index (χ3v) is 5.03. The summed E-state index contributed by atoms with van der Waals surface area (Å²) in [5.41, 5.74) is 1.64. The largest absolute Gasteiger partial charge is 0.342 e. The van der Waals surface area contributed by atoms with Crippen molar-refractivity contribution in [2.24, 2.45) is 7.05 Å². The van der Waals surface area contributed by atoms with E-state index < -0.39 is 0 Å². The van der Waals surface area contributed by atoms with Crippen molar-refractivity contribution in [3.63, 3.8) is 0 Å². The molecule has 0 saturated heterocycles. The zero-order chi connectivity index (χ0) is 17.3. The minimum absolute atomic E-state index is 0.166. The van der Waals surface area contributed by atoms with Gasteiger partial charge in [-0.3, -0.25) is 4.79 Å². The molecule has 124 valence electrons. The number of nitrogens with zero attached hydrogens (tertiary/aromatic N) is 4. The molecule has 2 aromatic heterocycles. The van der Waals surface area contributed by atoms with E-state index in [0.29, 0.717) is 21.4 Å². The van der Waals surface area contributed by atoms with E-state index in [1.165, 1.54) is 11.3 Å². The number of hydrogen-bond donors (Lipinski definition) is 1. The van der Waals surface area contributed by atoms with Crippen molar-refractivity contribution in [2.45, 2.75) is 19.9 Å². The zero-order valence-electron chi connectivity index (χ0n) is 13.4. The Kier molecular flexibility index (Phi) is 4.64. The van der Waals surface area contributed by atoms with Gasteiger partial charge in [0.25, 0.3) is 5.91 Å². The second-order valence-corrected chi connectivity index (χ2v) is 6.87. The maximum atomic E-state index is 12.6. The predicted molar refractivity (Wildman–Crippen MR) is 94.2 cm³/mol. The molecule has 2 heterocycles. The molecule has 1 amide bonds. The van der Waals surface area contributed by atoms with Crippen molar-refractivity contribution < 1.29 is 4.79 Å². The molecule has 1 aromatic carbocycles. The third-order valence-electron chi connectivity index (χ3n) is 3.58. The molecule has 0 aliphatic heterocycles. The molecule has 0 aliphatic rings. The molecule has 1 atom stereocenters. The van der Waals surface area contributed by atoms with Crippen molar-refractivity contribution in [3.05, 3.63) is 52.0 Å². The molecule has 0 fully saturated rings. The number of halogens is 1. The number of carbonyl (C=O) groups excluding carboxylic acids is 1. The van der Waals surface area contributed by atoms with Crippen molar-refractivity contribution in [1.82, 2.24) is 25.1 Å². The normalized spacial score (nSPS) is 12.2. The van der Waals surface area contributed by atoms with Gasteiger partial charge in [0.2, 0.25) is 0 Å². The molecule has 0 spiro atoms. The van der Waals surface area contributed by atoms with Gasteiger partial charge in [-0.25, -0.2) is 4.98 Å². The SMILES string of the molecule is Cc1nc(-c2ccc(Cl)cc2)sc1C(=O)N[C@H](C)c1nncn1C. The number of rotatable bonds is 4. The highest BCUT2D eigenvalue weighted by Crippen LogP contribution is 2.29. The van der Waals surface area contributed by atoms with E-state index in [9.17, 15) is 4.79 Å². The van der Waals surface area contributed by atoms with Crippen molar-refractivity contribution in [1.29, 1.82) is 0 Å². The fourth-order valence-corrected chi connectivity index (χ4v) is 3.43. The summed E-state index contributed by atoms with van der Waals surface area (Å²) in [6.45, 7) is 3.70. The van der Waals surface area contributed by atoms with Gasteiger partial charge in [-0.15, -0.1) is 21.5 Å². The van der Waals surface area contributed by atoms with Gasteiger partial charge < -0.3 is 9.88 Å². The van der Waals surface area contributed by atoms with E-state index in [2.05, 4.69) is 20.5 Å². The zero-order valence-corrected chi connectivity index (χ0v) is 15.0. The number of aryl methyl sites for hydroxylation is 2. The molecule has 3 rings (SSSR count). The Bertz CT molecular complexity index is 871. The van der Waals surface area contributed by atoms with Crippen molar-refractivity contribution in [2.75, 3.05) is 0 Å². The van der Waals surface area contributed by atoms with Crippen LogP contribution in [0.25, 0.3) is 10.6 Å². The van der Waals surface area contributed by atoms with E-state index in [0.717, 1.165) is 10.6 Å². The highest BCUT2D eigenvalue weighted by molar-refractivity contribution is 7.17. The van der Waals surface area contributed by atoms with E-state index in [-0.39, 0.29) is 11.9 Å². The maximum Gasteiger partial charge on any atom is 0.263 e. The van der Waals surface area contributed by atoms with Gasteiger partial charge in [0.05, 0.1) is 11.7 Å². The topological polar surface area (TPSA) is 72.7 Å². The van der Waals surface area contributed by atoms with Crippen LogP contribution in [0.3, 0.4) is 0 Å². The first kappa shape index (κ1) is 16.6. The summed E-state index contributed by atoms with van der Waals surface area (Å²) in [5.74, 6) is 0.532. The summed E-state index contributed by atoms with van der Waals surface area (Å²) < 4.78 is 1.78. The van der Waals surface area contributed by atoms with Crippen LogP contribution in [0, 0.1) is 6.92 Å². The fourth-order valence-electron chi connectivity index (χ4n) is 2.33. The Morgan fingerprint density at radius 2 is 2.04 bits per heavy atom. The summed E-state index contributed by atoms with van der Waals surface area (Å²) in [4.78, 5) is 17.7. The van der Waals surface area contributed by atoms with E-state index in [1.54, 1.807) is 10.9 Å². The number of benzene rings is 1. The average molecular weight is 362 g/mol. The first-order valence-corrected chi connectivity index (χ1v) is 8.53. The van der Waals surface area contributed by atoms with Crippen LogP contribution in [0.1, 0.15) is 34.2 Å². The standard InChI is InChI=1S/C16H16ClN5OS/c1-9-13(15(23)19-10(2)14-21-18-8-22(14)3)24-16(20-9)11-4-6-12(17)7-5-11/h4-8,10H,1-3H3,(H,19,23)/t10-/m1/s1. The molecule has 8 heteroatoms. The lowest BCUT2D eigenvalue weighted by molar-refractivity contribution is 0.0941. The summed E-state index contributed by atoms with van der Waals surface area (Å²) in [7, 11) is 1.84. The van der Waals surface area contributed by atoms with Crippen LogP contribution in [-0.4, -0.2) is 25.7 Å². The molecular formula is C16H16ClN5OS. The molecule has 3 aromatic rings. The van der Waals surface area contributed by atoms with Crippen LogP contribution in [-0.2, 0) is 7.05 Å². The molecule has 24 heavy (non-hydrogen) atoms. The lowest BCUT2D eigenvalue weighted by Gasteiger charge is -2.12. The molecule has 0 saturated carbocycles. The number of aromatic nitrogens is 4. The Morgan fingerprint density at radius 3 is 2.67 bits per heavy atom. The summed E-state index contributed by atoms with van der Waals surface area (Å²) in [6.07, 6.45) is 1.61. The highest BCUT2D eigenvalue weighted by Gasteiger charge is 2.20. The van der Waals surface area contributed by atoms with E-state index in [1.807, 2.05) is 45.2 Å². The van der Waals surface area contributed by atoms with Crippen LogP contribution in [0.4, 0.5) is 0 Å². The molecule has 0 bridgehead atoms. The Balaban J connectivity index is 1.80. The average Bonchev–Trinajstić information content (AvgIpc) is 3.14. The number of thiazole rings is 1. The van der Waals surface area contributed by atoms with E-state index in [4.69, 9.17) is 11.6 Å². The second-order valence-electron chi connectivity index (χ2n) is 5.44. The minimum atomic E-state index is -0.245. The predicted octanol–water partition coefficient (Wildman–Crippen LogP) is 3.39. The van der Waals surface area contributed by atoms with Gasteiger partial charge in [0.1, 0.15) is 16.2 Å². The van der Waals surface area contributed by atoms with Gasteiger partial charge in [0, 0.05) is 17.6 Å². The van der Waals surface area contributed by atoms with Gasteiger partial charge in [0.15, 0.2) is 5.82 Å². The maximum absolute atomic E-state index is 12.6. The lowest BCUT2D eigenvalue weighted by atomic mass is 10.2. The third kappa shape index (κ3) is 3.32. The van der Waals surface area contributed by atoms with Crippen LogP contribution >= 0.6 is 22.9 Å².